The molecule has 1 aliphatic heterocycles. The van der Waals surface area contributed by atoms with Crippen molar-refractivity contribution < 1.29 is 9.84 Å². The first kappa shape index (κ1) is 11.7. The molecule has 2 rings (SSSR count). The summed E-state index contributed by atoms with van der Waals surface area (Å²) in [6.07, 6.45) is 2.22. The van der Waals surface area contributed by atoms with E-state index in [1.165, 1.54) is 0 Å². The van der Waals surface area contributed by atoms with Gasteiger partial charge in [0.2, 0.25) is 0 Å². The van der Waals surface area contributed by atoms with Crippen LogP contribution < -0.4 is 4.74 Å². The maximum atomic E-state index is 10.1. The van der Waals surface area contributed by atoms with Crippen LogP contribution in [0.5, 0.6) is 5.75 Å². The van der Waals surface area contributed by atoms with Crippen molar-refractivity contribution in [1.29, 1.82) is 0 Å². The molecule has 0 aliphatic carbocycles. The molecule has 2 nitrogen and oxygen atoms in total. The van der Waals surface area contributed by atoms with Gasteiger partial charge in [0, 0.05) is 17.9 Å². The van der Waals surface area contributed by atoms with Crippen molar-refractivity contribution >= 4 is 11.6 Å². The third-order valence-corrected chi connectivity index (χ3v) is 3.38. The molecule has 1 atom stereocenters. The highest BCUT2D eigenvalue weighted by atomic mass is 35.5. The predicted molar refractivity (Wildman–Crippen MR) is 65.3 cm³/mol. The highest BCUT2D eigenvalue weighted by Gasteiger charge is 2.24. The fraction of sp³-hybridized carbons (Fsp3) is 0.538. The summed E-state index contributed by atoms with van der Waals surface area (Å²) in [5.74, 6) is 0.929. The molecule has 0 bridgehead atoms. The zero-order chi connectivity index (χ0) is 11.8. The largest absolute Gasteiger partial charge is 0.493 e. The van der Waals surface area contributed by atoms with E-state index in [1.54, 1.807) is 0 Å². The van der Waals surface area contributed by atoms with Crippen LogP contribution in [-0.2, 0) is 12.8 Å². The van der Waals surface area contributed by atoms with Crippen molar-refractivity contribution in [3.05, 3.63) is 28.3 Å². The normalized spacial score (nSPS) is 17.8. The second-order valence-corrected chi connectivity index (χ2v) is 5.12. The van der Waals surface area contributed by atoms with Crippen LogP contribution in [0.25, 0.3) is 0 Å². The van der Waals surface area contributed by atoms with E-state index >= 15 is 0 Å². The maximum Gasteiger partial charge on any atom is 0.126 e. The van der Waals surface area contributed by atoms with Crippen molar-refractivity contribution in [2.24, 2.45) is 0 Å². The van der Waals surface area contributed by atoms with E-state index in [0.29, 0.717) is 12.8 Å². The summed E-state index contributed by atoms with van der Waals surface area (Å²) in [6.45, 7) is 4.54. The Balaban J connectivity index is 2.34. The average Bonchev–Trinajstić information content (AvgIpc) is 2.65. The van der Waals surface area contributed by atoms with E-state index in [1.807, 2.05) is 26.0 Å². The molecule has 0 saturated carbocycles. The van der Waals surface area contributed by atoms with E-state index < -0.39 is 5.60 Å². The molecule has 88 valence electrons. The third-order valence-electron chi connectivity index (χ3n) is 3.16. The summed E-state index contributed by atoms with van der Waals surface area (Å²) < 4.78 is 5.61. The molecule has 1 aliphatic rings. The molecule has 1 aromatic rings. The topological polar surface area (TPSA) is 29.5 Å². The molecule has 16 heavy (non-hydrogen) atoms. The average molecular weight is 241 g/mol. The molecule has 1 aromatic carbocycles. The Labute approximate surface area is 101 Å². The number of rotatable bonds is 3. The number of aliphatic hydroxyl groups is 1. The van der Waals surface area contributed by atoms with Crippen molar-refractivity contribution in [3.63, 3.8) is 0 Å². The maximum absolute atomic E-state index is 10.1. The zero-order valence-electron chi connectivity index (χ0n) is 9.72. The highest BCUT2D eigenvalue weighted by molar-refractivity contribution is 6.30. The van der Waals surface area contributed by atoms with Crippen LogP contribution in [-0.4, -0.2) is 17.3 Å². The lowest BCUT2D eigenvalue weighted by molar-refractivity contribution is 0.0558. The van der Waals surface area contributed by atoms with Crippen LogP contribution >= 0.6 is 11.6 Å². The molecular weight excluding hydrogens is 224 g/mol. The number of halogens is 1. The lowest BCUT2D eigenvalue weighted by atomic mass is 9.92. The van der Waals surface area contributed by atoms with Gasteiger partial charge >= 0.3 is 0 Å². The molecule has 0 fully saturated rings. The first-order valence-electron chi connectivity index (χ1n) is 5.68. The molecule has 0 aromatic heterocycles. The number of ether oxygens (including phenoxy) is 1. The van der Waals surface area contributed by atoms with Gasteiger partial charge in [0.05, 0.1) is 12.2 Å². The van der Waals surface area contributed by atoms with Crippen molar-refractivity contribution in [3.8, 4) is 5.75 Å². The van der Waals surface area contributed by atoms with Gasteiger partial charge in [-0.3, -0.25) is 0 Å². The first-order valence-corrected chi connectivity index (χ1v) is 6.06. The van der Waals surface area contributed by atoms with Gasteiger partial charge < -0.3 is 9.84 Å². The number of fused-ring (bicyclic) bond motifs is 1. The predicted octanol–water partition coefficient (Wildman–Crippen LogP) is 2.98. The molecule has 0 amide bonds. The van der Waals surface area contributed by atoms with Gasteiger partial charge in [0.1, 0.15) is 5.75 Å². The van der Waals surface area contributed by atoms with Gasteiger partial charge in [-0.05, 0) is 36.6 Å². The number of hydrogen-bond acceptors (Lipinski definition) is 2. The standard InChI is InChI=1S/C13H17ClO2/c1-3-13(2,15)8-10-7-11(14)6-9-4-5-16-12(9)10/h6-7,15H,3-5,8H2,1-2H3. The molecular formula is C13H17ClO2. The summed E-state index contributed by atoms with van der Waals surface area (Å²) >= 11 is 6.06. The second-order valence-electron chi connectivity index (χ2n) is 4.68. The highest BCUT2D eigenvalue weighted by Crippen LogP contribution is 2.35. The Morgan fingerprint density at radius 1 is 1.50 bits per heavy atom. The Morgan fingerprint density at radius 2 is 2.25 bits per heavy atom. The van der Waals surface area contributed by atoms with Gasteiger partial charge in [0.15, 0.2) is 0 Å². The smallest absolute Gasteiger partial charge is 0.126 e. The molecule has 1 N–H and O–H groups in total. The number of benzene rings is 1. The minimum Gasteiger partial charge on any atom is -0.493 e. The van der Waals surface area contributed by atoms with E-state index in [-0.39, 0.29) is 0 Å². The van der Waals surface area contributed by atoms with Crippen LogP contribution in [0.2, 0.25) is 5.02 Å². The minimum absolute atomic E-state index is 0.590. The first-order chi connectivity index (χ1) is 7.52. The van der Waals surface area contributed by atoms with Gasteiger partial charge in [0.25, 0.3) is 0 Å². The van der Waals surface area contributed by atoms with E-state index in [2.05, 4.69) is 0 Å². The summed E-state index contributed by atoms with van der Waals surface area (Å²) in [7, 11) is 0. The Hall–Kier alpha value is -0.730. The Kier molecular flexibility index (Phi) is 3.13. The van der Waals surface area contributed by atoms with E-state index in [4.69, 9.17) is 16.3 Å². The van der Waals surface area contributed by atoms with Crippen molar-refractivity contribution in [1.82, 2.24) is 0 Å². The minimum atomic E-state index is -0.690. The second kappa shape index (κ2) is 4.27. The SMILES string of the molecule is CCC(C)(O)Cc1cc(Cl)cc2c1OCC2. The molecule has 0 radical (unpaired) electrons. The summed E-state index contributed by atoms with van der Waals surface area (Å²) in [5, 5.41) is 10.8. The van der Waals surface area contributed by atoms with Crippen molar-refractivity contribution in [2.45, 2.75) is 38.7 Å². The van der Waals surface area contributed by atoms with Gasteiger partial charge in [-0.1, -0.05) is 18.5 Å². The summed E-state index contributed by atoms with van der Waals surface area (Å²) in [5.41, 5.74) is 1.49. The van der Waals surface area contributed by atoms with Crippen LogP contribution in [0.15, 0.2) is 12.1 Å². The Bertz CT molecular complexity index is 399. The van der Waals surface area contributed by atoms with Crippen LogP contribution in [0.3, 0.4) is 0 Å². The lowest BCUT2D eigenvalue weighted by Gasteiger charge is -2.22. The lowest BCUT2D eigenvalue weighted by Crippen LogP contribution is -2.26. The zero-order valence-corrected chi connectivity index (χ0v) is 10.5. The summed E-state index contributed by atoms with van der Waals surface area (Å²) in [4.78, 5) is 0. The van der Waals surface area contributed by atoms with Gasteiger partial charge in [-0.25, -0.2) is 0 Å². The summed E-state index contributed by atoms with van der Waals surface area (Å²) in [6, 6.07) is 3.85. The molecule has 1 heterocycles. The number of hydrogen-bond donors (Lipinski definition) is 1. The molecule has 1 unspecified atom stereocenters. The monoisotopic (exact) mass is 240 g/mol. The fourth-order valence-corrected chi connectivity index (χ4v) is 2.28. The van der Waals surface area contributed by atoms with Gasteiger partial charge in [-0.15, -0.1) is 0 Å². The molecule has 3 heteroatoms. The fourth-order valence-electron chi connectivity index (χ4n) is 2.01. The molecule has 0 saturated heterocycles. The van der Waals surface area contributed by atoms with Crippen molar-refractivity contribution in [2.75, 3.05) is 6.61 Å². The third kappa shape index (κ3) is 2.33. The molecule has 0 spiro atoms. The van der Waals surface area contributed by atoms with Crippen LogP contribution in [0, 0.1) is 0 Å². The van der Waals surface area contributed by atoms with Gasteiger partial charge in [-0.2, -0.15) is 0 Å². The Morgan fingerprint density at radius 3 is 2.94 bits per heavy atom. The van der Waals surface area contributed by atoms with Crippen LogP contribution in [0.1, 0.15) is 31.4 Å². The van der Waals surface area contributed by atoms with E-state index in [0.717, 1.165) is 34.9 Å². The quantitative estimate of drug-likeness (QED) is 0.880. The van der Waals surface area contributed by atoms with E-state index in [9.17, 15) is 5.11 Å². The van der Waals surface area contributed by atoms with Crippen LogP contribution in [0.4, 0.5) is 0 Å².